The van der Waals surface area contributed by atoms with E-state index in [0.717, 1.165) is 24.3 Å². The van der Waals surface area contributed by atoms with Crippen LogP contribution in [0.1, 0.15) is 20.7 Å². The van der Waals surface area contributed by atoms with E-state index in [9.17, 15) is 36.7 Å². The summed E-state index contributed by atoms with van der Waals surface area (Å²) in [4.78, 5) is 50.9. The van der Waals surface area contributed by atoms with Gasteiger partial charge in [0.15, 0.2) is 36.5 Å². The number of benzene rings is 2. The molecule has 1 aliphatic rings. The van der Waals surface area contributed by atoms with Crippen molar-refractivity contribution < 1.29 is 46.2 Å². The van der Waals surface area contributed by atoms with Crippen LogP contribution in [0.15, 0.2) is 36.4 Å². The molecule has 2 aromatic rings. The monoisotopic (exact) mass is 482 g/mol. The summed E-state index contributed by atoms with van der Waals surface area (Å²) >= 11 is 0. The van der Waals surface area contributed by atoms with Gasteiger partial charge < -0.3 is 19.3 Å². The van der Waals surface area contributed by atoms with Gasteiger partial charge in [-0.25, -0.2) is 27.2 Å². The molecule has 1 heterocycles. The van der Waals surface area contributed by atoms with Crippen molar-refractivity contribution in [3.8, 4) is 0 Å². The Balaban J connectivity index is 1.41. The SMILES string of the molecule is O=C(OCC(=O)N1CCN(C(=O)COC(=O)c2ccc(F)c(F)c2)CC1)c1ccc(F)c(F)c1. The fraction of sp³-hybridized carbons (Fsp3) is 0.273. The average Bonchev–Trinajstić information content (AvgIpc) is 2.84. The molecular weight excluding hydrogens is 464 g/mol. The molecule has 0 radical (unpaired) electrons. The molecule has 2 aromatic carbocycles. The number of ether oxygens (including phenoxy) is 2. The van der Waals surface area contributed by atoms with E-state index in [4.69, 9.17) is 9.47 Å². The summed E-state index contributed by atoms with van der Waals surface area (Å²) in [5, 5.41) is 0. The number of nitrogens with zero attached hydrogens (tertiary/aromatic N) is 2. The molecule has 1 saturated heterocycles. The molecule has 2 amide bonds. The summed E-state index contributed by atoms with van der Waals surface area (Å²) in [5.74, 6) is -7.79. The third-order valence-corrected chi connectivity index (χ3v) is 4.95. The molecule has 34 heavy (non-hydrogen) atoms. The van der Waals surface area contributed by atoms with Crippen molar-refractivity contribution in [1.29, 1.82) is 0 Å². The quantitative estimate of drug-likeness (QED) is 0.462. The molecule has 0 saturated carbocycles. The van der Waals surface area contributed by atoms with Crippen LogP contribution in [0.3, 0.4) is 0 Å². The van der Waals surface area contributed by atoms with E-state index in [1.54, 1.807) is 0 Å². The maximum atomic E-state index is 13.2. The minimum atomic E-state index is -1.22. The van der Waals surface area contributed by atoms with Gasteiger partial charge in [-0.1, -0.05) is 0 Å². The van der Waals surface area contributed by atoms with E-state index in [1.165, 1.54) is 9.80 Å². The van der Waals surface area contributed by atoms with Crippen LogP contribution in [0, 0.1) is 23.3 Å². The maximum absolute atomic E-state index is 13.2. The highest BCUT2D eigenvalue weighted by Crippen LogP contribution is 2.12. The lowest BCUT2D eigenvalue weighted by Crippen LogP contribution is -2.52. The van der Waals surface area contributed by atoms with Crippen molar-refractivity contribution in [3.05, 3.63) is 70.8 Å². The zero-order chi connectivity index (χ0) is 24.8. The highest BCUT2D eigenvalue weighted by molar-refractivity contribution is 5.92. The number of halogens is 4. The second-order valence-corrected chi connectivity index (χ2v) is 7.17. The van der Waals surface area contributed by atoms with Crippen molar-refractivity contribution in [2.45, 2.75) is 0 Å². The molecule has 0 bridgehead atoms. The van der Waals surface area contributed by atoms with E-state index < -0.39 is 60.2 Å². The molecule has 1 aliphatic heterocycles. The lowest BCUT2D eigenvalue weighted by atomic mass is 10.2. The summed E-state index contributed by atoms with van der Waals surface area (Å²) in [7, 11) is 0. The lowest BCUT2D eigenvalue weighted by molar-refractivity contribution is -0.142. The van der Waals surface area contributed by atoms with Crippen molar-refractivity contribution in [1.82, 2.24) is 9.80 Å². The summed E-state index contributed by atoms with van der Waals surface area (Å²) in [5.41, 5.74) is -0.500. The van der Waals surface area contributed by atoms with Gasteiger partial charge >= 0.3 is 11.9 Å². The number of rotatable bonds is 6. The van der Waals surface area contributed by atoms with Gasteiger partial charge in [0.2, 0.25) is 0 Å². The molecule has 0 N–H and O–H groups in total. The topological polar surface area (TPSA) is 93.2 Å². The van der Waals surface area contributed by atoms with E-state index in [-0.39, 0.29) is 37.3 Å². The summed E-state index contributed by atoms with van der Waals surface area (Å²) in [6.07, 6.45) is 0. The number of esters is 2. The van der Waals surface area contributed by atoms with Crippen LogP contribution >= 0.6 is 0 Å². The molecule has 0 unspecified atom stereocenters. The predicted molar refractivity (Wildman–Crippen MR) is 106 cm³/mol. The number of amides is 2. The third-order valence-electron chi connectivity index (χ3n) is 4.95. The fourth-order valence-electron chi connectivity index (χ4n) is 3.06. The van der Waals surface area contributed by atoms with E-state index in [2.05, 4.69) is 0 Å². The van der Waals surface area contributed by atoms with Gasteiger partial charge in [0, 0.05) is 26.2 Å². The van der Waals surface area contributed by atoms with Crippen molar-refractivity contribution in [2.75, 3.05) is 39.4 Å². The lowest BCUT2D eigenvalue weighted by Gasteiger charge is -2.34. The highest BCUT2D eigenvalue weighted by Gasteiger charge is 2.26. The summed E-state index contributed by atoms with van der Waals surface area (Å²) < 4.78 is 61.9. The van der Waals surface area contributed by atoms with Crippen LogP contribution in [0.25, 0.3) is 0 Å². The van der Waals surface area contributed by atoms with Crippen molar-refractivity contribution in [2.24, 2.45) is 0 Å². The average molecular weight is 482 g/mol. The summed E-state index contributed by atoms with van der Waals surface area (Å²) in [6, 6.07) is 4.89. The minimum absolute atomic E-state index is 0.115. The number of piperazine rings is 1. The first-order valence-electron chi connectivity index (χ1n) is 9.95. The van der Waals surface area contributed by atoms with E-state index >= 15 is 0 Å². The highest BCUT2D eigenvalue weighted by atomic mass is 19.2. The molecule has 3 rings (SSSR count). The molecule has 0 aliphatic carbocycles. The molecule has 0 spiro atoms. The number of carbonyl (C=O) groups is 4. The first kappa shape index (κ1) is 24.7. The van der Waals surface area contributed by atoms with Gasteiger partial charge in [0.1, 0.15) is 0 Å². The Bertz CT molecular complexity index is 1030. The Morgan fingerprint density at radius 1 is 0.618 bits per heavy atom. The zero-order valence-corrected chi connectivity index (χ0v) is 17.6. The smallest absolute Gasteiger partial charge is 0.338 e. The van der Waals surface area contributed by atoms with Crippen LogP contribution in [-0.4, -0.2) is 72.9 Å². The second-order valence-electron chi connectivity index (χ2n) is 7.17. The first-order valence-corrected chi connectivity index (χ1v) is 9.95. The van der Waals surface area contributed by atoms with Gasteiger partial charge in [0.25, 0.3) is 11.8 Å². The normalized spacial score (nSPS) is 13.4. The van der Waals surface area contributed by atoms with Crippen LogP contribution in [-0.2, 0) is 19.1 Å². The predicted octanol–water partition coefficient (Wildman–Crippen LogP) is 1.93. The minimum Gasteiger partial charge on any atom is -0.452 e. The molecule has 180 valence electrons. The number of hydrogen-bond acceptors (Lipinski definition) is 6. The fourth-order valence-corrected chi connectivity index (χ4v) is 3.06. The van der Waals surface area contributed by atoms with Crippen LogP contribution in [0.4, 0.5) is 17.6 Å². The molecule has 12 heteroatoms. The van der Waals surface area contributed by atoms with Crippen LogP contribution in [0.5, 0.6) is 0 Å². The Hall–Kier alpha value is -3.96. The number of carbonyl (C=O) groups excluding carboxylic acids is 4. The first-order chi connectivity index (χ1) is 16.2. The zero-order valence-electron chi connectivity index (χ0n) is 17.6. The van der Waals surface area contributed by atoms with Gasteiger partial charge in [-0.05, 0) is 36.4 Å². The van der Waals surface area contributed by atoms with Gasteiger partial charge in [-0.2, -0.15) is 0 Å². The van der Waals surface area contributed by atoms with E-state index in [0.29, 0.717) is 12.1 Å². The Morgan fingerprint density at radius 2 is 0.971 bits per heavy atom. The molecule has 8 nitrogen and oxygen atoms in total. The molecule has 1 fully saturated rings. The Labute approximate surface area is 190 Å². The standard InChI is InChI=1S/C22H18F4N2O6/c23-15-3-1-13(9-17(15)25)21(31)33-11-19(29)27-5-7-28(8-6-27)20(30)12-34-22(32)14-2-4-16(24)18(26)10-14/h1-4,9-10H,5-8,11-12H2. The third kappa shape index (κ3) is 6.09. The summed E-state index contributed by atoms with van der Waals surface area (Å²) in [6.45, 7) is -0.793. The van der Waals surface area contributed by atoms with Gasteiger partial charge in [-0.15, -0.1) is 0 Å². The maximum Gasteiger partial charge on any atom is 0.338 e. The second kappa shape index (κ2) is 10.8. The largest absolute Gasteiger partial charge is 0.452 e. The Kier molecular flexibility index (Phi) is 7.82. The van der Waals surface area contributed by atoms with Crippen LogP contribution in [0.2, 0.25) is 0 Å². The van der Waals surface area contributed by atoms with Gasteiger partial charge in [-0.3, -0.25) is 9.59 Å². The van der Waals surface area contributed by atoms with E-state index in [1.807, 2.05) is 0 Å². The Morgan fingerprint density at radius 3 is 1.29 bits per heavy atom. The van der Waals surface area contributed by atoms with Gasteiger partial charge in [0.05, 0.1) is 11.1 Å². The van der Waals surface area contributed by atoms with Crippen LogP contribution < -0.4 is 0 Å². The molecular formula is C22H18F4N2O6. The molecule has 0 aromatic heterocycles. The molecule has 0 atom stereocenters. The van der Waals surface area contributed by atoms with Crippen molar-refractivity contribution >= 4 is 23.8 Å². The number of hydrogen-bond donors (Lipinski definition) is 0. The van der Waals surface area contributed by atoms with Crippen molar-refractivity contribution in [3.63, 3.8) is 0 Å².